The number of rotatable bonds is 7. The van der Waals surface area contributed by atoms with E-state index in [0.29, 0.717) is 59.4 Å². The van der Waals surface area contributed by atoms with Crippen LogP contribution in [0.3, 0.4) is 0 Å². The number of hydrogen-bond donors (Lipinski definition) is 0. The summed E-state index contributed by atoms with van der Waals surface area (Å²) in [6.07, 6.45) is 5.04. The molecule has 3 aromatic carbocycles. The molecule has 6 aromatic rings. The van der Waals surface area contributed by atoms with E-state index in [4.69, 9.17) is 9.84 Å². The van der Waals surface area contributed by atoms with Crippen LogP contribution in [0.1, 0.15) is 55.3 Å². The van der Waals surface area contributed by atoms with Gasteiger partial charge < -0.3 is 9.64 Å². The number of fused-ring (bicyclic) bond motifs is 1. The fraction of sp³-hybridized carbons (Fsp3) is 0.262. The molecule has 278 valence electrons. The van der Waals surface area contributed by atoms with Crippen LogP contribution in [0.4, 0.5) is 13.6 Å². The van der Waals surface area contributed by atoms with Gasteiger partial charge in [0.15, 0.2) is 5.65 Å². The third-order valence-electron chi connectivity index (χ3n) is 9.57. The lowest BCUT2D eigenvalue weighted by Gasteiger charge is -2.29. The van der Waals surface area contributed by atoms with Crippen molar-refractivity contribution in [2.75, 3.05) is 13.1 Å². The number of hydrogen-bond acceptors (Lipinski definition) is 6. The smallest absolute Gasteiger partial charge is 0.410 e. The van der Waals surface area contributed by atoms with Crippen LogP contribution >= 0.6 is 0 Å². The molecule has 0 atom stereocenters. The van der Waals surface area contributed by atoms with Crippen LogP contribution < -0.4 is 0 Å². The molecular weight excluding hydrogens is 709 g/mol. The zero-order valence-electron chi connectivity index (χ0n) is 31.0. The summed E-state index contributed by atoms with van der Waals surface area (Å²) < 4.78 is 66.6. The predicted molar refractivity (Wildman–Crippen MR) is 205 cm³/mol. The highest BCUT2D eigenvalue weighted by atomic mass is 32.2. The zero-order valence-corrected chi connectivity index (χ0v) is 31.8. The van der Waals surface area contributed by atoms with Gasteiger partial charge in [-0.05, 0) is 101 Å². The van der Waals surface area contributed by atoms with E-state index in [1.165, 1.54) is 22.2 Å². The molecule has 4 heterocycles. The maximum Gasteiger partial charge on any atom is 0.410 e. The van der Waals surface area contributed by atoms with Crippen molar-refractivity contribution in [3.05, 3.63) is 131 Å². The summed E-state index contributed by atoms with van der Waals surface area (Å²) in [7, 11) is -4.08. The van der Waals surface area contributed by atoms with Crippen molar-refractivity contribution in [2.45, 2.75) is 65.0 Å². The van der Waals surface area contributed by atoms with Crippen molar-refractivity contribution in [3.63, 3.8) is 0 Å². The molecule has 0 fully saturated rings. The second-order valence-corrected chi connectivity index (χ2v) is 16.5. The van der Waals surface area contributed by atoms with Crippen molar-refractivity contribution in [2.24, 2.45) is 0 Å². The molecular formula is C42H41F2N5O4S. The van der Waals surface area contributed by atoms with Gasteiger partial charge in [-0.1, -0.05) is 48.0 Å². The predicted octanol–water partition coefficient (Wildman–Crippen LogP) is 9.08. The van der Waals surface area contributed by atoms with Gasteiger partial charge in [0.1, 0.15) is 17.2 Å². The second kappa shape index (κ2) is 14.0. The third-order valence-corrected chi connectivity index (χ3v) is 11.2. The topological polar surface area (TPSA) is 99.3 Å². The number of aromatic nitrogens is 4. The number of ether oxygens (including phenoxy) is 1. The molecule has 3 aromatic heterocycles. The minimum absolute atomic E-state index is 0.113. The van der Waals surface area contributed by atoms with Gasteiger partial charge in [0, 0.05) is 58.8 Å². The van der Waals surface area contributed by atoms with E-state index in [0.717, 1.165) is 28.0 Å². The molecule has 1 aliphatic heterocycles. The maximum atomic E-state index is 15.9. The summed E-state index contributed by atoms with van der Waals surface area (Å²) in [5, 5.41) is 5.31. The molecule has 0 spiro atoms. The number of halogens is 2. The fourth-order valence-corrected chi connectivity index (χ4v) is 8.18. The normalized spacial score (nSPS) is 13.7. The molecule has 0 aliphatic carbocycles. The Morgan fingerprint density at radius 2 is 1.69 bits per heavy atom. The average Bonchev–Trinajstić information content (AvgIpc) is 3.63. The number of nitrogens with zero attached hydrogens (tertiary/aromatic N) is 5. The summed E-state index contributed by atoms with van der Waals surface area (Å²) >= 11 is 0. The van der Waals surface area contributed by atoms with Gasteiger partial charge in [-0.3, -0.25) is 4.68 Å². The van der Waals surface area contributed by atoms with E-state index < -0.39 is 27.5 Å². The summed E-state index contributed by atoms with van der Waals surface area (Å²) in [6, 6.07) is 19.8. The Kier molecular flexibility index (Phi) is 9.51. The Hall–Kier alpha value is -5.62. The highest BCUT2D eigenvalue weighted by Gasteiger charge is 2.27. The summed E-state index contributed by atoms with van der Waals surface area (Å²) in [5.74, 6) is -0.767. The monoisotopic (exact) mass is 749 g/mol. The zero-order chi connectivity index (χ0) is 38.5. The van der Waals surface area contributed by atoms with Gasteiger partial charge >= 0.3 is 6.09 Å². The van der Waals surface area contributed by atoms with Crippen molar-refractivity contribution in [1.29, 1.82) is 0 Å². The van der Waals surface area contributed by atoms with E-state index in [9.17, 15) is 17.6 Å². The summed E-state index contributed by atoms with van der Waals surface area (Å²) in [4.78, 5) is 18.9. The van der Waals surface area contributed by atoms with E-state index >= 15 is 4.39 Å². The Morgan fingerprint density at radius 3 is 2.35 bits per heavy atom. The van der Waals surface area contributed by atoms with Gasteiger partial charge in [-0.2, -0.15) is 5.10 Å². The van der Waals surface area contributed by atoms with Crippen molar-refractivity contribution >= 4 is 32.7 Å². The minimum Gasteiger partial charge on any atom is -0.444 e. The van der Waals surface area contributed by atoms with Crippen LogP contribution in [0.2, 0.25) is 0 Å². The number of aryl methyl sites for hydroxylation is 2. The highest BCUT2D eigenvalue weighted by Crippen LogP contribution is 2.38. The van der Waals surface area contributed by atoms with Crippen LogP contribution in [-0.2, 0) is 21.3 Å². The SMILES string of the molecule is Cc1ccc(S(=O)(=O)n2cc(-c3c(C)nn(Cc4cccc(F)c4)c3C)c3cc(-c4ccc(C5=CCN(C(=O)OC(C)(C)C)CC5)c(F)c4)cnc32)cc1. The molecule has 0 N–H and O–H groups in total. The minimum atomic E-state index is -4.08. The van der Waals surface area contributed by atoms with Crippen LogP contribution in [0.5, 0.6) is 0 Å². The molecule has 7 rings (SSSR count). The Balaban J connectivity index is 1.29. The highest BCUT2D eigenvalue weighted by molar-refractivity contribution is 7.90. The Morgan fingerprint density at radius 1 is 0.926 bits per heavy atom. The third kappa shape index (κ3) is 7.17. The molecule has 1 amide bonds. The number of benzene rings is 3. The van der Waals surface area contributed by atoms with E-state index in [1.807, 2.05) is 65.8 Å². The molecule has 0 saturated carbocycles. The molecule has 0 bridgehead atoms. The van der Waals surface area contributed by atoms with Crippen LogP contribution in [0.25, 0.3) is 38.9 Å². The lowest BCUT2D eigenvalue weighted by molar-refractivity contribution is 0.0270. The van der Waals surface area contributed by atoms with Crippen LogP contribution in [0.15, 0.2) is 96.2 Å². The first-order chi connectivity index (χ1) is 25.6. The van der Waals surface area contributed by atoms with Crippen molar-refractivity contribution in [1.82, 2.24) is 23.6 Å². The number of carbonyl (C=O) groups is 1. The first-order valence-electron chi connectivity index (χ1n) is 17.7. The van der Waals surface area contributed by atoms with E-state index in [2.05, 4.69) is 4.98 Å². The van der Waals surface area contributed by atoms with Gasteiger partial charge in [0.25, 0.3) is 10.0 Å². The first kappa shape index (κ1) is 36.7. The summed E-state index contributed by atoms with van der Waals surface area (Å²) in [5.41, 5.74) is 6.39. The van der Waals surface area contributed by atoms with Crippen LogP contribution in [0, 0.1) is 32.4 Å². The standard InChI is InChI=1S/C42H41F2N5O4S/c1-26-10-13-34(14-11-26)54(51,52)49-25-37(39-27(2)46-48(28(39)3)24-29-8-7-9-33(43)20-29)36-21-32(23-45-40(36)49)31-12-15-35(38(44)22-31)30-16-18-47(19-17-30)41(50)53-42(4,5)6/h7-16,20-23,25H,17-19,24H2,1-6H3. The number of pyridine rings is 1. The second-order valence-electron chi connectivity index (χ2n) is 14.7. The number of carbonyl (C=O) groups excluding carboxylic acids is 1. The summed E-state index contributed by atoms with van der Waals surface area (Å²) in [6.45, 7) is 12.1. The molecule has 0 unspecified atom stereocenters. The maximum absolute atomic E-state index is 15.9. The van der Waals surface area contributed by atoms with Gasteiger partial charge in [-0.15, -0.1) is 0 Å². The quantitative estimate of drug-likeness (QED) is 0.162. The van der Waals surface area contributed by atoms with E-state index in [-0.39, 0.29) is 16.4 Å². The Bertz CT molecular complexity index is 2570. The molecule has 54 heavy (non-hydrogen) atoms. The van der Waals surface area contributed by atoms with Crippen LogP contribution in [-0.4, -0.2) is 56.8 Å². The van der Waals surface area contributed by atoms with Gasteiger partial charge in [0.2, 0.25) is 0 Å². The van der Waals surface area contributed by atoms with Gasteiger partial charge in [0.05, 0.1) is 17.1 Å². The average molecular weight is 750 g/mol. The molecule has 0 saturated heterocycles. The molecule has 12 heteroatoms. The fourth-order valence-electron chi connectivity index (χ4n) is 6.85. The van der Waals surface area contributed by atoms with Gasteiger partial charge in [-0.25, -0.2) is 30.9 Å². The molecule has 1 aliphatic rings. The Labute approximate surface area is 313 Å². The lowest BCUT2D eigenvalue weighted by Crippen LogP contribution is -2.39. The van der Waals surface area contributed by atoms with Crippen molar-refractivity contribution in [3.8, 4) is 22.3 Å². The largest absolute Gasteiger partial charge is 0.444 e. The molecule has 0 radical (unpaired) electrons. The van der Waals surface area contributed by atoms with E-state index in [1.54, 1.807) is 58.4 Å². The van der Waals surface area contributed by atoms with Crippen molar-refractivity contribution < 1.29 is 26.7 Å². The molecule has 9 nitrogen and oxygen atoms in total. The first-order valence-corrected chi connectivity index (χ1v) is 19.1. The number of amides is 1. The lowest BCUT2D eigenvalue weighted by atomic mass is 9.96.